The molecule has 0 saturated carbocycles. The lowest BCUT2D eigenvalue weighted by molar-refractivity contribution is -0.154. The van der Waals surface area contributed by atoms with Crippen molar-refractivity contribution in [1.29, 1.82) is 0 Å². The van der Waals surface area contributed by atoms with Gasteiger partial charge >= 0.3 is 17.9 Å². The van der Waals surface area contributed by atoms with E-state index in [1.807, 2.05) is 12.1 Å². The molecule has 56 heavy (non-hydrogen) atoms. The predicted octanol–water partition coefficient (Wildman–Crippen LogP) is 6.47. The van der Waals surface area contributed by atoms with Gasteiger partial charge in [-0.25, -0.2) is 0 Å². The summed E-state index contributed by atoms with van der Waals surface area (Å²) >= 11 is 0. The van der Waals surface area contributed by atoms with Crippen LogP contribution in [0, 0.1) is 0 Å². The molecule has 6 rings (SSSR count). The number of hydrogen-bond acceptors (Lipinski definition) is 14. The number of benzene rings is 4. The van der Waals surface area contributed by atoms with E-state index in [1.165, 1.54) is 49.2 Å². The lowest BCUT2D eigenvalue weighted by Gasteiger charge is -2.41. The second kappa shape index (κ2) is 16.6. The van der Waals surface area contributed by atoms with Crippen molar-refractivity contribution in [1.82, 2.24) is 0 Å². The van der Waals surface area contributed by atoms with Crippen LogP contribution in [0.15, 0.2) is 60.7 Å². The Balaban J connectivity index is 1.56. The molecule has 0 N–H and O–H groups in total. The Kier molecular flexibility index (Phi) is 11.7. The molecule has 0 aromatic heterocycles. The third-order valence-corrected chi connectivity index (χ3v) is 9.64. The van der Waals surface area contributed by atoms with Gasteiger partial charge in [0, 0.05) is 67.1 Å². The first-order valence-electron chi connectivity index (χ1n) is 17.7. The first-order valence-corrected chi connectivity index (χ1v) is 17.7. The van der Waals surface area contributed by atoms with Gasteiger partial charge in [0.05, 0.1) is 48.6 Å². The second-order valence-corrected chi connectivity index (χ2v) is 13.0. The van der Waals surface area contributed by atoms with Gasteiger partial charge in [-0.15, -0.1) is 0 Å². The van der Waals surface area contributed by atoms with Crippen LogP contribution < -0.4 is 42.6 Å². The van der Waals surface area contributed by atoms with Crippen molar-refractivity contribution < 1.29 is 66.5 Å². The lowest BCUT2D eigenvalue weighted by atomic mass is 9.77. The summed E-state index contributed by atoms with van der Waals surface area (Å²) < 4.78 is 65.2. The van der Waals surface area contributed by atoms with E-state index in [1.54, 1.807) is 62.8 Å². The number of esters is 3. The minimum atomic E-state index is -0.979. The molecule has 5 atom stereocenters. The minimum absolute atomic E-state index is 0.144. The number of hydrogen-bond donors (Lipinski definition) is 0. The quantitative estimate of drug-likeness (QED) is 0.114. The highest BCUT2D eigenvalue weighted by atomic mass is 16.6. The fraction of sp³-hybridized carbons (Fsp3) is 0.357. The maximum absolute atomic E-state index is 13.0. The van der Waals surface area contributed by atoms with Crippen LogP contribution in [0.1, 0.15) is 66.7 Å². The standard InChI is InChI=1S/C42H44O14/c1-21(43)52-34-17-24(10-15-30(34)48-6)39-36(53-22(2)44)19-28-32(55-39)20-35(50-8)38(41(28)51-9)37-27-13-12-26(46-4)18-31(27)56-40(42(37)54-23(3)45)25-11-14-29(47-5)33(16-25)49-7/h10-18,20,36-37,39-40,42H,19H2,1-9H3/t36-,37-,39-,40-,42-/m1/s1. The van der Waals surface area contributed by atoms with E-state index in [9.17, 15) is 14.4 Å². The summed E-state index contributed by atoms with van der Waals surface area (Å²) in [4.78, 5) is 37.5. The Morgan fingerprint density at radius 3 is 1.77 bits per heavy atom. The van der Waals surface area contributed by atoms with Crippen LogP contribution in [0.3, 0.4) is 0 Å². The van der Waals surface area contributed by atoms with E-state index in [4.69, 9.17) is 52.1 Å². The van der Waals surface area contributed by atoms with Crippen molar-refractivity contribution >= 4 is 17.9 Å². The van der Waals surface area contributed by atoms with Gasteiger partial charge in [-0.3, -0.25) is 14.4 Å². The Hall–Kier alpha value is -6.31. The first-order chi connectivity index (χ1) is 26.9. The maximum Gasteiger partial charge on any atom is 0.308 e. The number of ether oxygens (including phenoxy) is 11. The van der Waals surface area contributed by atoms with Gasteiger partial charge in [0.2, 0.25) is 0 Å². The third-order valence-electron chi connectivity index (χ3n) is 9.64. The molecule has 14 heteroatoms. The number of carbonyl (C=O) groups excluding carboxylic acids is 3. The second-order valence-electron chi connectivity index (χ2n) is 13.0. The number of carbonyl (C=O) groups is 3. The van der Waals surface area contributed by atoms with Crippen LogP contribution >= 0.6 is 0 Å². The van der Waals surface area contributed by atoms with Crippen LogP contribution in [0.4, 0.5) is 0 Å². The summed E-state index contributed by atoms with van der Waals surface area (Å²) in [6.07, 6.45) is -3.40. The molecule has 2 heterocycles. The predicted molar refractivity (Wildman–Crippen MR) is 200 cm³/mol. The van der Waals surface area contributed by atoms with E-state index in [0.29, 0.717) is 73.8 Å². The number of rotatable bonds is 12. The molecule has 0 aliphatic carbocycles. The van der Waals surface area contributed by atoms with E-state index >= 15 is 0 Å². The largest absolute Gasteiger partial charge is 0.497 e. The summed E-state index contributed by atoms with van der Waals surface area (Å²) in [6, 6.07) is 17.5. The van der Waals surface area contributed by atoms with Crippen molar-refractivity contribution in [3.05, 3.63) is 88.5 Å². The topological polar surface area (TPSA) is 153 Å². The zero-order valence-corrected chi connectivity index (χ0v) is 32.6. The summed E-state index contributed by atoms with van der Waals surface area (Å²) in [5.74, 6) is 1.22. The zero-order chi connectivity index (χ0) is 40.3. The zero-order valence-electron chi connectivity index (χ0n) is 32.6. The highest BCUT2D eigenvalue weighted by molar-refractivity contribution is 5.71. The van der Waals surface area contributed by atoms with Crippen molar-refractivity contribution in [3.63, 3.8) is 0 Å². The Morgan fingerprint density at radius 2 is 1.18 bits per heavy atom. The van der Waals surface area contributed by atoms with Gasteiger partial charge in [-0.1, -0.05) is 18.2 Å². The molecule has 296 valence electrons. The van der Waals surface area contributed by atoms with E-state index in [-0.39, 0.29) is 12.2 Å². The van der Waals surface area contributed by atoms with Gasteiger partial charge in [0.25, 0.3) is 0 Å². The molecule has 4 aromatic carbocycles. The van der Waals surface area contributed by atoms with Gasteiger partial charge in [-0.05, 0) is 30.3 Å². The monoisotopic (exact) mass is 772 g/mol. The smallest absolute Gasteiger partial charge is 0.308 e. The Bertz CT molecular complexity index is 2130. The number of methoxy groups -OCH3 is 6. The van der Waals surface area contributed by atoms with E-state index in [0.717, 1.165) is 0 Å². The normalized spacial score (nSPS) is 19.4. The molecule has 2 aliphatic heterocycles. The molecule has 0 bridgehead atoms. The van der Waals surface area contributed by atoms with Gasteiger partial charge in [0.1, 0.15) is 34.9 Å². The van der Waals surface area contributed by atoms with Crippen LogP contribution in [-0.4, -0.2) is 72.8 Å². The molecular weight excluding hydrogens is 728 g/mol. The fourth-order valence-electron chi connectivity index (χ4n) is 7.38. The molecule has 2 aliphatic rings. The Morgan fingerprint density at radius 1 is 0.571 bits per heavy atom. The average molecular weight is 773 g/mol. The molecule has 0 spiro atoms. The van der Waals surface area contributed by atoms with Crippen molar-refractivity contribution in [2.45, 2.75) is 57.5 Å². The summed E-state index contributed by atoms with van der Waals surface area (Å²) in [6.45, 7) is 3.93. The van der Waals surface area contributed by atoms with E-state index < -0.39 is 48.2 Å². The third kappa shape index (κ3) is 7.63. The molecule has 4 aromatic rings. The average Bonchev–Trinajstić information content (AvgIpc) is 3.18. The summed E-state index contributed by atoms with van der Waals surface area (Å²) in [5.41, 5.74) is 2.96. The minimum Gasteiger partial charge on any atom is -0.497 e. The van der Waals surface area contributed by atoms with Crippen molar-refractivity contribution in [2.75, 3.05) is 42.7 Å². The maximum atomic E-state index is 13.0. The molecule has 0 fully saturated rings. The summed E-state index contributed by atoms with van der Waals surface area (Å²) in [7, 11) is 9.12. The van der Waals surface area contributed by atoms with Crippen LogP contribution in [0.5, 0.6) is 51.7 Å². The molecule has 0 unspecified atom stereocenters. The SMILES string of the molecule is COc1ccc2c(c1)O[C@H](c1ccc(OC)c(OC)c1)[C@H](OC(C)=O)[C@H]2c1c(OC)cc2c(c1OC)C[C@@H](OC(C)=O)[C@@H](c1ccc(OC)c(OC(C)=O)c1)O2. The molecule has 0 radical (unpaired) electrons. The summed E-state index contributed by atoms with van der Waals surface area (Å²) in [5, 5.41) is 0. The molecule has 14 nitrogen and oxygen atoms in total. The molecular formula is C42H44O14. The van der Waals surface area contributed by atoms with Crippen molar-refractivity contribution in [2.24, 2.45) is 0 Å². The van der Waals surface area contributed by atoms with Crippen molar-refractivity contribution in [3.8, 4) is 51.7 Å². The van der Waals surface area contributed by atoms with Crippen LogP contribution in [-0.2, 0) is 30.3 Å². The lowest BCUT2D eigenvalue weighted by Crippen LogP contribution is -2.39. The molecule has 0 amide bonds. The highest BCUT2D eigenvalue weighted by Gasteiger charge is 2.47. The highest BCUT2D eigenvalue weighted by Crippen LogP contribution is 2.56. The van der Waals surface area contributed by atoms with Crippen LogP contribution in [0.25, 0.3) is 0 Å². The van der Waals surface area contributed by atoms with Gasteiger partial charge in [0.15, 0.2) is 41.3 Å². The number of fused-ring (bicyclic) bond motifs is 2. The molecule has 0 saturated heterocycles. The van der Waals surface area contributed by atoms with E-state index in [2.05, 4.69) is 0 Å². The first kappa shape index (κ1) is 39.4. The van der Waals surface area contributed by atoms with Gasteiger partial charge < -0.3 is 52.1 Å². The van der Waals surface area contributed by atoms with Gasteiger partial charge in [-0.2, -0.15) is 0 Å². The van der Waals surface area contributed by atoms with Crippen LogP contribution in [0.2, 0.25) is 0 Å². The fourth-order valence-corrected chi connectivity index (χ4v) is 7.38. The Labute approximate surface area is 324 Å².